The Balaban J connectivity index is 1.38. The lowest BCUT2D eigenvalue weighted by Crippen LogP contribution is -2.55. The zero-order valence-electron chi connectivity index (χ0n) is 20.3. The molecular formula is C27H33N3O5. The smallest absolute Gasteiger partial charge is 0.407 e. The summed E-state index contributed by atoms with van der Waals surface area (Å²) in [5.41, 5.74) is 4.23. The molecule has 2 amide bonds. The fourth-order valence-corrected chi connectivity index (χ4v) is 5.36. The molecule has 0 bridgehead atoms. The van der Waals surface area contributed by atoms with Gasteiger partial charge in [-0.2, -0.15) is 0 Å². The van der Waals surface area contributed by atoms with Crippen LogP contribution in [-0.4, -0.2) is 66.8 Å². The van der Waals surface area contributed by atoms with Gasteiger partial charge in [-0.3, -0.25) is 9.59 Å². The second kappa shape index (κ2) is 10.5. The first-order valence-corrected chi connectivity index (χ1v) is 12.1. The van der Waals surface area contributed by atoms with Gasteiger partial charge in [-0.15, -0.1) is 0 Å². The molecule has 2 aliphatic rings. The number of carbonyl (C=O) groups is 3. The van der Waals surface area contributed by atoms with Crippen LogP contribution in [0.2, 0.25) is 0 Å². The Morgan fingerprint density at radius 3 is 2.14 bits per heavy atom. The maximum Gasteiger partial charge on any atom is 0.407 e. The number of alkyl carbamates (subject to hydrolysis) is 1. The molecule has 2 aromatic carbocycles. The molecular weight excluding hydrogens is 446 g/mol. The van der Waals surface area contributed by atoms with E-state index in [-0.39, 0.29) is 18.1 Å². The van der Waals surface area contributed by atoms with Gasteiger partial charge in [0.15, 0.2) is 0 Å². The number of nitrogens with one attached hydrogen (secondary N) is 2. The van der Waals surface area contributed by atoms with Crippen molar-refractivity contribution < 1.29 is 24.2 Å². The fraction of sp³-hybridized carbons (Fsp3) is 0.444. The van der Waals surface area contributed by atoms with Crippen molar-refractivity contribution in [2.45, 2.75) is 49.6 Å². The Morgan fingerprint density at radius 1 is 1.03 bits per heavy atom. The van der Waals surface area contributed by atoms with E-state index >= 15 is 0 Å². The van der Waals surface area contributed by atoms with Gasteiger partial charge in [0.2, 0.25) is 5.91 Å². The van der Waals surface area contributed by atoms with Crippen LogP contribution in [0.4, 0.5) is 4.79 Å². The molecule has 0 heterocycles. The summed E-state index contributed by atoms with van der Waals surface area (Å²) in [4.78, 5) is 39.0. The number of hydrogen-bond acceptors (Lipinski definition) is 5. The molecule has 8 heteroatoms. The number of carboxylic acids is 1. The SMILES string of the molecule is CN(C)C1(CNC(=O)C(CC(=O)O)NC(=O)OCC2c3ccccc3-c3ccccc32)CCCC1. The summed E-state index contributed by atoms with van der Waals surface area (Å²) in [7, 11) is 3.97. The first-order chi connectivity index (χ1) is 16.8. The van der Waals surface area contributed by atoms with Gasteiger partial charge in [0.05, 0.1) is 6.42 Å². The Bertz CT molecular complexity index is 1050. The van der Waals surface area contributed by atoms with Crippen LogP contribution in [0, 0.1) is 0 Å². The lowest BCUT2D eigenvalue weighted by atomic mass is 9.96. The number of carboxylic acid groups (broad SMARTS) is 1. The van der Waals surface area contributed by atoms with E-state index in [9.17, 15) is 19.5 Å². The molecule has 0 radical (unpaired) electrons. The fourth-order valence-electron chi connectivity index (χ4n) is 5.36. The molecule has 0 aliphatic heterocycles. The Kier molecular flexibility index (Phi) is 7.40. The maximum absolute atomic E-state index is 12.9. The zero-order valence-corrected chi connectivity index (χ0v) is 20.3. The van der Waals surface area contributed by atoms with Crippen LogP contribution in [0.5, 0.6) is 0 Å². The van der Waals surface area contributed by atoms with Gasteiger partial charge in [-0.25, -0.2) is 4.79 Å². The lowest BCUT2D eigenvalue weighted by molar-refractivity contribution is -0.139. The molecule has 1 saturated carbocycles. The van der Waals surface area contributed by atoms with Crippen molar-refractivity contribution in [3.05, 3.63) is 59.7 Å². The number of fused-ring (bicyclic) bond motifs is 3. The summed E-state index contributed by atoms with van der Waals surface area (Å²) in [6, 6.07) is 14.8. The number of benzene rings is 2. The molecule has 0 spiro atoms. The summed E-state index contributed by atoms with van der Waals surface area (Å²) < 4.78 is 5.51. The summed E-state index contributed by atoms with van der Waals surface area (Å²) in [6.07, 6.45) is 2.77. The van der Waals surface area contributed by atoms with E-state index in [1.165, 1.54) is 0 Å². The highest BCUT2D eigenvalue weighted by atomic mass is 16.5. The van der Waals surface area contributed by atoms with Gasteiger partial charge >= 0.3 is 12.1 Å². The predicted molar refractivity (Wildman–Crippen MR) is 132 cm³/mol. The molecule has 3 N–H and O–H groups in total. The minimum atomic E-state index is -1.22. The third-order valence-corrected chi connectivity index (χ3v) is 7.41. The van der Waals surface area contributed by atoms with Crippen molar-refractivity contribution >= 4 is 18.0 Å². The third kappa shape index (κ3) is 5.32. The van der Waals surface area contributed by atoms with Crippen LogP contribution >= 0.6 is 0 Å². The number of carbonyl (C=O) groups excluding carboxylic acids is 2. The number of nitrogens with zero attached hydrogens (tertiary/aromatic N) is 1. The summed E-state index contributed by atoms with van der Waals surface area (Å²) in [5, 5.41) is 14.6. The van der Waals surface area contributed by atoms with Gasteiger partial charge in [0.25, 0.3) is 0 Å². The molecule has 1 unspecified atom stereocenters. The normalized spacial score (nSPS) is 16.9. The maximum atomic E-state index is 12.9. The van der Waals surface area contributed by atoms with E-state index < -0.39 is 30.4 Å². The predicted octanol–water partition coefficient (Wildman–Crippen LogP) is 3.36. The highest BCUT2D eigenvalue weighted by molar-refractivity contribution is 5.89. The molecule has 2 aromatic rings. The average molecular weight is 480 g/mol. The summed E-state index contributed by atoms with van der Waals surface area (Å²) >= 11 is 0. The van der Waals surface area contributed by atoms with Gasteiger partial charge < -0.3 is 25.4 Å². The molecule has 1 fully saturated rings. The zero-order chi connectivity index (χ0) is 25.0. The van der Waals surface area contributed by atoms with Crippen molar-refractivity contribution in [1.82, 2.24) is 15.5 Å². The number of ether oxygens (including phenoxy) is 1. The molecule has 0 aromatic heterocycles. The number of amides is 2. The van der Waals surface area contributed by atoms with E-state index in [1.807, 2.05) is 62.6 Å². The topological polar surface area (TPSA) is 108 Å². The average Bonchev–Trinajstić information content (AvgIpc) is 3.44. The van der Waals surface area contributed by atoms with Crippen LogP contribution in [0.3, 0.4) is 0 Å². The number of aliphatic carboxylic acids is 1. The Morgan fingerprint density at radius 2 is 1.60 bits per heavy atom. The van der Waals surface area contributed by atoms with Crippen molar-refractivity contribution in [3.8, 4) is 11.1 Å². The molecule has 186 valence electrons. The minimum absolute atomic E-state index is 0.0883. The summed E-state index contributed by atoms with van der Waals surface area (Å²) in [6.45, 7) is 0.492. The quantitative estimate of drug-likeness (QED) is 0.509. The Hall–Kier alpha value is -3.39. The van der Waals surface area contributed by atoms with E-state index in [1.54, 1.807) is 0 Å². The van der Waals surface area contributed by atoms with Gasteiger partial charge in [-0.05, 0) is 49.2 Å². The van der Waals surface area contributed by atoms with Crippen LogP contribution < -0.4 is 10.6 Å². The van der Waals surface area contributed by atoms with Crippen LogP contribution in [-0.2, 0) is 14.3 Å². The van der Waals surface area contributed by atoms with Crippen molar-refractivity contribution in [3.63, 3.8) is 0 Å². The molecule has 1 atom stereocenters. The molecule has 4 rings (SSSR count). The minimum Gasteiger partial charge on any atom is -0.481 e. The van der Waals surface area contributed by atoms with Crippen LogP contribution in [0.15, 0.2) is 48.5 Å². The standard InChI is InChI=1S/C27H33N3O5/c1-30(2)27(13-7-8-14-27)17-28-25(33)23(15-24(31)32)29-26(34)35-16-22-20-11-5-3-9-18(20)19-10-4-6-12-21(19)22/h3-6,9-12,22-23H,7-8,13-17H2,1-2H3,(H,28,33)(H,29,34)(H,31,32). The van der Waals surface area contributed by atoms with E-state index in [0.29, 0.717) is 6.54 Å². The summed E-state index contributed by atoms with van der Waals surface area (Å²) in [5.74, 6) is -1.82. The van der Waals surface area contributed by atoms with E-state index in [0.717, 1.165) is 47.9 Å². The van der Waals surface area contributed by atoms with Crippen molar-refractivity contribution in [1.29, 1.82) is 0 Å². The highest BCUT2D eigenvalue weighted by Gasteiger charge is 2.37. The molecule has 2 aliphatic carbocycles. The van der Waals surface area contributed by atoms with Crippen molar-refractivity contribution in [2.75, 3.05) is 27.2 Å². The first-order valence-electron chi connectivity index (χ1n) is 12.1. The molecule has 8 nitrogen and oxygen atoms in total. The Labute approximate surface area is 205 Å². The highest BCUT2D eigenvalue weighted by Crippen LogP contribution is 2.44. The van der Waals surface area contributed by atoms with Gasteiger partial charge in [-0.1, -0.05) is 61.4 Å². The van der Waals surface area contributed by atoms with Crippen molar-refractivity contribution in [2.24, 2.45) is 0 Å². The second-order valence-electron chi connectivity index (χ2n) is 9.66. The number of hydrogen-bond donors (Lipinski definition) is 3. The van der Waals surface area contributed by atoms with Gasteiger partial charge in [0, 0.05) is 18.0 Å². The van der Waals surface area contributed by atoms with Gasteiger partial charge in [0.1, 0.15) is 12.6 Å². The van der Waals surface area contributed by atoms with E-state index in [4.69, 9.17) is 4.74 Å². The van der Waals surface area contributed by atoms with Crippen LogP contribution in [0.25, 0.3) is 11.1 Å². The second-order valence-corrected chi connectivity index (χ2v) is 9.66. The number of rotatable bonds is 9. The third-order valence-electron chi connectivity index (χ3n) is 7.41. The molecule has 35 heavy (non-hydrogen) atoms. The molecule has 0 saturated heterocycles. The van der Waals surface area contributed by atoms with Crippen LogP contribution in [0.1, 0.15) is 49.1 Å². The monoisotopic (exact) mass is 479 g/mol. The first kappa shape index (κ1) is 24.7. The largest absolute Gasteiger partial charge is 0.481 e. The number of likely N-dealkylation sites (N-methyl/N-ethyl adjacent to an activating group) is 1. The van der Waals surface area contributed by atoms with E-state index in [2.05, 4.69) is 15.5 Å². The lowest BCUT2D eigenvalue weighted by Gasteiger charge is -2.36.